The van der Waals surface area contributed by atoms with Gasteiger partial charge in [-0.25, -0.2) is 4.98 Å². The van der Waals surface area contributed by atoms with Crippen LogP contribution in [0.5, 0.6) is 5.75 Å². The van der Waals surface area contributed by atoms with E-state index in [0.717, 1.165) is 5.56 Å². The van der Waals surface area contributed by atoms with E-state index in [-0.39, 0.29) is 12.3 Å². The maximum Gasteiger partial charge on any atom is 0.232 e. The summed E-state index contributed by atoms with van der Waals surface area (Å²) in [6, 6.07) is 8.67. The van der Waals surface area contributed by atoms with E-state index in [2.05, 4.69) is 25.5 Å². The van der Waals surface area contributed by atoms with Crippen LogP contribution in [-0.4, -0.2) is 33.2 Å². The summed E-state index contributed by atoms with van der Waals surface area (Å²) in [6.45, 7) is 0. The molecule has 0 fully saturated rings. The van der Waals surface area contributed by atoms with Gasteiger partial charge in [-0.3, -0.25) is 14.9 Å². The average Bonchev–Trinajstić information content (AvgIpc) is 3.04. The monoisotopic (exact) mass is 343 g/mol. The van der Waals surface area contributed by atoms with Crippen molar-refractivity contribution >= 4 is 23.2 Å². The van der Waals surface area contributed by atoms with E-state index in [4.69, 9.17) is 16.3 Å². The summed E-state index contributed by atoms with van der Waals surface area (Å²) in [7, 11) is 1.53. The van der Waals surface area contributed by atoms with Crippen LogP contribution in [0.2, 0.25) is 5.02 Å². The number of halogens is 1. The Kier molecular flexibility index (Phi) is 4.72. The van der Waals surface area contributed by atoms with Crippen molar-refractivity contribution in [2.75, 3.05) is 12.4 Å². The zero-order chi connectivity index (χ0) is 16.9. The van der Waals surface area contributed by atoms with Crippen LogP contribution in [0.15, 0.2) is 42.7 Å². The highest BCUT2D eigenvalue weighted by molar-refractivity contribution is 6.32. The smallest absolute Gasteiger partial charge is 0.232 e. The lowest BCUT2D eigenvalue weighted by atomic mass is 10.2. The van der Waals surface area contributed by atoms with Crippen LogP contribution >= 0.6 is 11.6 Å². The normalized spacial score (nSPS) is 10.4. The van der Waals surface area contributed by atoms with E-state index in [1.807, 2.05) is 6.07 Å². The van der Waals surface area contributed by atoms with E-state index in [9.17, 15) is 4.79 Å². The summed E-state index contributed by atoms with van der Waals surface area (Å²) < 4.78 is 5.07. The number of anilines is 1. The predicted molar refractivity (Wildman–Crippen MR) is 90.0 cm³/mol. The topological polar surface area (TPSA) is 92.8 Å². The van der Waals surface area contributed by atoms with Crippen molar-refractivity contribution < 1.29 is 9.53 Å². The standard InChI is InChI=1S/C16H14ClN5O2/c1-24-13-5-4-11(7-12(13)17)19-15(23)8-14-20-16(22-21-14)10-3-2-6-18-9-10/h2-7,9H,8H2,1H3,(H,19,23)(H,20,21,22). The quantitative estimate of drug-likeness (QED) is 0.743. The average molecular weight is 344 g/mol. The van der Waals surface area contributed by atoms with Gasteiger partial charge in [-0.05, 0) is 30.3 Å². The van der Waals surface area contributed by atoms with Gasteiger partial charge in [-0.15, -0.1) is 0 Å². The highest BCUT2D eigenvalue weighted by Gasteiger charge is 2.11. The van der Waals surface area contributed by atoms with Crippen LogP contribution in [0, 0.1) is 0 Å². The number of methoxy groups -OCH3 is 1. The molecule has 122 valence electrons. The summed E-state index contributed by atoms with van der Waals surface area (Å²) >= 11 is 6.03. The third kappa shape index (κ3) is 3.69. The van der Waals surface area contributed by atoms with Gasteiger partial charge < -0.3 is 10.1 Å². The molecule has 2 heterocycles. The Hall–Kier alpha value is -2.93. The molecule has 0 unspecified atom stereocenters. The number of aromatic amines is 1. The molecule has 0 bridgehead atoms. The Morgan fingerprint density at radius 2 is 2.25 bits per heavy atom. The number of amides is 1. The fourth-order valence-corrected chi connectivity index (χ4v) is 2.36. The molecular weight excluding hydrogens is 330 g/mol. The maximum absolute atomic E-state index is 12.1. The Morgan fingerprint density at radius 3 is 2.96 bits per heavy atom. The molecule has 1 aromatic carbocycles. The minimum atomic E-state index is -0.231. The molecule has 0 spiro atoms. The molecule has 1 amide bonds. The van der Waals surface area contributed by atoms with E-state index in [1.54, 1.807) is 36.7 Å². The van der Waals surface area contributed by atoms with Crippen molar-refractivity contribution in [1.29, 1.82) is 0 Å². The molecule has 0 saturated carbocycles. The van der Waals surface area contributed by atoms with Gasteiger partial charge >= 0.3 is 0 Å². The number of rotatable bonds is 5. The number of aromatic nitrogens is 4. The van der Waals surface area contributed by atoms with Crippen LogP contribution in [0.3, 0.4) is 0 Å². The maximum atomic E-state index is 12.1. The first kappa shape index (κ1) is 15.9. The number of benzene rings is 1. The zero-order valence-corrected chi connectivity index (χ0v) is 13.5. The summed E-state index contributed by atoms with van der Waals surface area (Å²) in [6.07, 6.45) is 3.40. The molecule has 3 aromatic rings. The molecule has 2 N–H and O–H groups in total. The van der Waals surface area contributed by atoms with E-state index >= 15 is 0 Å². The molecular formula is C16H14ClN5O2. The second-order valence-electron chi connectivity index (χ2n) is 4.92. The van der Waals surface area contributed by atoms with Gasteiger partial charge in [0.1, 0.15) is 11.6 Å². The largest absolute Gasteiger partial charge is 0.495 e. The van der Waals surface area contributed by atoms with Crippen molar-refractivity contribution in [3.63, 3.8) is 0 Å². The molecule has 24 heavy (non-hydrogen) atoms. The summed E-state index contributed by atoms with van der Waals surface area (Å²) in [5, 5.41) is 10.0. The Labute approximate surface area is 143 Å². The second-order valence-corrected chi connectivity index (χ2v) is 5.33. The first-order chi connectivity index (χ1) is 11.7. The zero-order valence-electron chi connectivity index (χ0n) is 12.8. The Balaban J connectivity index is 1.65. The summed E-state index contributed by atoms with van der Waals surface area (Å²) in [5.74, 6) is 1.28. The number of H-pyrrole nitrogens is 1. The van der Waals surface area contributed by atoms with Crippen LogP contribution in [-0.2, 0) is 11.2 Å². The van der Waals surface area contributed by atoms with E-state index in [1.165, 1.54) is 7.11 Å². The number of hydrogen-bond donors (Lipinski definition) is 2. The molecule has 8 heteroatoms. The van der Waals surface area contributed by atoms with Gasteiger partial charge in [0, 0.05) is 23.6 Å². The third-order valence-corrected chi connectivity index (χ3v) is 3.51. The number of ether oxygens (including phenoxy) is 1. The van der Waals surface area contributed by atoms with E-state index < -0.39 is 0 Å². The Morgan fingerprint density at radius 1 is 1.38 bits per heavy atom. The number of nitrogens with one attached hydrogen (secondary N) is 2. The second kappa shape index (κ2) is 7.10. The number of pyridine rings is 1. The molecule has 2 aromatic heterocycles. The first-order valence-corrected chi connectivity index (χ1v) is 7.48. The Bertz CT molecular complexity index is 851. The first-order valence-electron chi connectivity index (χ1n) is 7.11. The van der Waals surface area contributed by atoms with Crippen LogP contribution < -0.4 is 10.1 Å². The molecule has 7 nitrogen and oxygen atoms in total. The van der Waals surface area contributed by atoms with Crippen LogP contribution in [0.1, 0.15) is 5.82 Å². The summed E-state index contributed by atoms with van der Waals surface area (Å²) in [5.41, 5.74) is 1.36. The van der Waals surface area contributed by atoms with Crippen molar-refractivity contribution in [1.82, 2.24) is 20.2 Å². The molecule has 0 aliphatic heterocycles. The highest BCUT2D eigenvalue weighted by Crippen LogP contribution is 2.27. The summed E-state index contributed by atoms with van der Waals surface area (Å²) in [4.78, 5) is 20.4. The van der Waals surface area contributed by atoms with E-state index in [0.29, 0.717) is 28.1 Å². The van der Waals surface area contributed by atoms with Gasteiger partial charge in [0.05, 0.1) is 18.6 Å². The lowest BCUT2D eigenvalue weighted by Crippen LogP contribution is -2.15. The minimum Gasteiger partial charge on any atom is -0.495 e. The number of nitrogens with zero attached hydrogens (tertiary/aromatic N) is 3. The van der Waals surface area contributed by atoms with Crippen molar-refractivity contribution in [3.8, 4) is 17.1 Å². The van der Waals surface area contributed by atoms with Gasteiger partial charge in [-0.1, -0.05) is 11.6 Å². The lowest BCUT2D eigenvalue weighted by Gasteiger charge is -2.07. The van der Waals surface area contributed by atoms with Gasteiger partial charge in [-0.2, -0.15) is 5.10 Å². The van der Waals surface area contributed by atoms with Crippen LogP contribution in [0.25, 0.3) is 11.4 Å². The molecule has 0 aliphatic carbocycles. The SMILES string of the molecule is COc1ccc(NC(=O)Cc2nc(-c3cccnc3)n[nH]2)cc1Cl. The van der Waals surface area contributed by atoms with Crippen molar-refractivity contribution in [3.05, 3.63) is 53.6 Å². The third-order valence-electron chi connectivity index (χ3n) is 3.22. The number of carbonyl (C=O) groups excluding carboxylic acids is 1. The molecule has 0 aliphatic rings. The fourth-order valence-electron chi connectivity index (χ4n) is 2.10. The molecule has 0 radical (unpaired) electrons. The van der Waals surface area contributed by atoms with Gasteiger partial charge in [0.2, 0.25) is 5.91 Å². The number of hydrogen-bond acceptors (Lipinski definition) is 5. The molecule has 3 rings (SSSR count). The predicted octanol–water partition coefficient (Wildman–Crippen LogP) is 2.71. The van der Waals surface area contributed by atoms with Gasteiger partial charge in [0.25, 0.3) is 0 Å². The minimum absolute atomic E-state index is 0.0664. The highest BCUT2D eigenvalue weighted by atomic mass is 35.5. The van der Waals surface area contributed by atoms with Crippen LogP contribution in [0.4, 0.5) is 5.69 Å². The fraction of sp³-hybridized carbons (Fsp3) is 0.125. The van der Waals surface area contributed by atoms with Crippen molar-refractivity contribution in [2.45, 2.75) is 6.42 Å². The number of carbonyl (C=O) groups is 1. The molecule has 0 saturated heterocycles. The van der Waals surface area contributed by atoms with Gasteiger partial charge in [0.15, 0.2) is 5.82 Å². The lowest BCUT2D eigenvalue weighted by molar-refractivity contribution is -0.115. The van der Waals surface area contributed by atoms with Crippen molar-refractivity contribution in [2.24, 2.45) is 0 Å². The molecule has 0 atom stereocenters.